The first kappa shape index (κ1) is 14.9. The molecule has 0 atom stereocenters. The molecule has 0 aliphatic rings. The number of benzene rings is 1. The molecule has 0 aliphatic carbocycles. The molecule has 0 bridgehead atoms. The van der Waals surface area contributed by atoms with Gasteiger partial charge in [-0.05, 0) is 17.7 Å². The van der Waals surface area contributed by atoms with E-state index in [1.807, 2.05) is 5.38 Å². The lowest BCUT2D eigenvalue weighted by Gasteiger charge is -2.12. The van der Waals surface area contributed by atoms with Crippen LogP contribution in [0.3, 0.4) is 0 Å². The quantitative estimate of drug-likeness (QED) is 0.883. The van der Waals surface area contributed by atoms with Crippen LogP contribution in [-0.2, 0) is 16.8 Å². The Morgan fingerprint density at radius 1 is 1.30 bits per heavy atom. The van der Waals surface area contributed by atoms with Gasteiger partial charge in [0.25, 0.3) is 15.4 Å². The van der Waals surface area contributed by atoms with Gasteiger partial charge in [0.05, 0.1) is 0 Å². The van der Waals surface area contributed by atoms with Crippen LogP contribution in [0.2, 0.25) is 0 Å². The lowest BCUT2D eigenvalue weighted by atomic mass is 10.2. The normalized spacial score (nSPS) is 11.8. The third-order valence-corrected chi connectivity index (χ3v) is 4.60. The first-order valence-corrected chi connectivity index (χ1v) is 8.13. The summed E-state index contributed by atoms with van der Waals surface area (Å²) in [4.78, 5) is 4.02. The van der Waals surface area contributed by atoms with Crippen LogP contribution in [0.15, 0.2) is 35.8 Å². The van der Waals surface area contributed by atoms with E-state index in [4.69, 9.17) is 4.74 Å². The Balaban J connectivity index is 1.95. The molecule has 0 unspecified atom stereocenters. The molecule has 0 aliphatic heterocycles. The first-order valence-electron chi connectivity index (χ1n) is 5.81. The zero-order valence-corrected chi connectivity index (χ0v) is 12.7. The summed E-state index contributed by atoms with van der Waals surface area (Å²) >= 11 is 1.41. The fourth-order valence-electron chi connectivity index (χ4n) is 1.34. The van der Waals surface area contributed by atoms with Crippen LogP contribution in [0, 0.1) is 0 Å². The zero-order chi connectivity index (χ0) is 14.6. The molecule has 0 spiro atoms. The van der Waals surface area contributed by atoms with Gasteiger partial charge in [0.2, 0.25) is 0 Å². The number of thiazole rings is 1. The number of ether oxygens (including phenoxy) is 1. The molecule has 0 radical (unpaired) electrons. The van der Waals surface area contributed by atoms with Crippen molar-refractivity contribution >= 4 is 21.5 Å². The fourth-order valence-corrected chi connectivity index (χ4v) is 2.45. The maximum Gasteiger partial charge on any atom is 0.279 e. The van der Waals surface area contributed by atoms with E-state index in [0.717, 1.165) is 9.87 Å². The van der Waals surface area contributed by atoms with Gasteiger partial charge >= 0.3 is 0 Å². The van der Waals surface area contributed by atoms with Crippen molar-refractivity contribution in [1.82, 2.24) is 14.0 Å². The van der Waals surface area contributed by atoms with E-state index in [2.05, 4.69) is 9.71 Å². The van der Waals surface area contributed by atoms with Gasteiger partial charge < -0.3 is 4.74 Å². The Morgan fingerprint density at radius 2 is 2.00 bits per heavy atom. The Bertz CT molecular complexity index is 637. The zero-order valence-electron chi connectivity index (χ0n) is 11.1. The summed E-state index contributed by atoms with van der Waals surface area (Å²) in [6, 6.07) is 7.17. The predicted octanol–water partition coefficient (Wildman–Crippen LogP) is 1.83. The minimum atomic E-state index is -3.40. The third-order valence-electron chi connectivity index (χ3n) is 2.48. The van der Waals surface area contributed by atoms with Gasteiger partial charge in [-0.1, -0.05) is 23.5 Å². The summed E-state index contributed by atoms with van der Waals surface area (Å²) < 4.78 is 32.3. The number of rotatable bonds is 6. The van der Waals surface area contributed by atoms with E-state index in [0.29, 0.717) is 10.9 Å². The molecule has 1 aromatic carbocycles. The molecule has 0 amide bonds. The van der Waals surface area contributed by atoms with Crippen molar-refractivity contribution < 1.29 is 13.2 Å². The second-order valence-corrected chi connectivity index (χ2v) is 6.98. The summed E-state index contributed by atoms with van der Waals surface area (Å²) in [7, 11) is -0.445. The topological polar surface area (TPSA) is 71.5 Å². The second-order valence-electron chi connectivity index (χ2n) is 4.15. The summed E-state index contributed by atoms with van der Waals surface area (Å²) in [6.45, 7) is 0.234. The van der Waals surface area contributed by atoms with Crippen molar-refractivity contribution in [2.24, 2.45) is 0 Å². The van der Waals surface area contributed by atoms with Gasteiger partial charge in [0.1, 0.15) is 5.75 Å². The molecule has 20 heavy (non-hydrogen) atoms. The monoisotopic (exact) mass is 313 g/mol. The smallest absolute Gasteiger partial charge is 0.279 e. The van der Waals surface area contributed by atoms with E-state index < -0.39 is 10.2 Å². The Morgan fingerprint density at radius 3 is 2.55 bits per heavy atom. The molecule has 0 fully saturated rings. The number of nitrogens with zero attached hydrogens (tertiary/aromatic N) is 2. The number of nitrogens with one attached hydrogen (secondary N) is 1. The lowest BCUT2D eigenvalue weighted by molar-refractivity contribution is 0.478. The molecule has 0 saturated carbocycles. The molecule has 2 aromatic rings. The predicted molar refractivity (Wildman–Crippen MR) is 78.1 cm³/mol. The van der Waals surface area contributed by atoms with Crippen LogP contribution in [0.1, 0.15) is 5.56 Å². The molecule has 1 N–H and O–H groups in total. The van der Waals surface area contributed by atoms with Gasteiger partial charge in [-0.15, -0.1) is 0 Å². The van der Waals surface area contributed by atoms with E-state index in [9.17, 15) is 8.42 Å². The molecule has 1 aromatic heterocycles. The maximum absolute atomic E-state index is 11.6. The van der Waals surface area contributed by atoms with E-state index in [-0.39, 0.29) is 6.54 Å². The van der Waals surface area contributed by atoms with Crippen molar-refractivity contribution in [1.29, 1.82) is 0 Å². The summed E-state index contributed by atoms with van der Waals surface area (Å²) in [5.41, 5.74) is 0.849. The second kappa shape index (κ2) is 6.31. The fraction of sp³-hybridized carbons (Fsp3) is 0.250. The molecule has 8 heteroatoms. The van der Waals surface area contributed by atoms with Crippen LogP contribution < -0.4 is 9.46 Å². The van der Waals surface area contributed by atoms with Crippen LogP contribution >= 0.6 is 11.3 Å². The highest BCUT2D eigenvalue weighted by Crippen LogP contribution is 2.23. The van der Waals surface area contributed by atoms with E-state index >= 15 is 0 Å². The van der Waals surface area contributed by atoms with Crippen molar-refractivity contribution in [3.05, 3.63) is 41.4 Å². The minimum absolute atomic E-state index is 0.234. The van der Waals surface area contributed by atoms with Crippen LogP contribution in [-0.4, -0.2) is 31.8 Å². The average Bonchev–Trinajstić information content (AvgIpc) is 2.91. The van der Waals surface area contributed by atoms with Crippen LogP contribution in [0.5, 0.6) is 10.9 Å². The molecule has 108 valence electrons. The van der Waals surface area contributed by atoms with Crippen LogP contribution in [0.4, 0.5) is 0 Å². The Hall–Kier alpha value is -1.48. The minimum Gasteiger partial charge on any atom is -0.431 e. The molecular weight excluding hydrogens is 298 g/mol. The van der Waals surface area contributed by atoms with Crippen molar-refractivity contribution in [2.45, 2.75) is 6.54 Å². The van der Waals surface area contributed by atoms with Crippen molar-refractivity contribution in [2.75, 3.05) is 14.1 Å². The average molecular weight is 313 g/mol. The van der Waals surface area contributed by atoms with E-state index in [1.54, 1.807) is 30.5 Å². The molecule has 0 saturated heterocycles. The van der Waals surface area contributed by atoms with E-state index in [1.165, 1.54) is 25.4 Å². The highest BCUT2D eigenvalue weighted by atomic mass is 32.2. The van der Waals surface area contributed by atoms with Crippen LogP contribution in [0.25, 0.3) is 0 Å². The number of hydrogen-bond donors (Lipinski definition) is 1. The lowest BCUT2D eigenvalue weighted by Crippen LogP contribution is -2.35. The van der Waals surface area contributed by atoms with Crippen molar-refractivity contribution in [3.8, 4) is 10.9 Å². The number of aromatic nitrogens is 1. The molecule has 2 rings (SSSR count). The summed E-state index contributed by atoms with van der Waals surface area (Å²) in [5.74, 6) is 0.666. The van der Waals surface area contributed by atoms with Gasteiger partial charge in [-0.3, -0.25) is 0 Å². The van der Waals surface area contributed by atoms with Crippen molar-refractivity contribution in [3.63, 3.8) is 0 Å². The molecular formula is C12H15N3O3S2. The summed E-state index contributed by atoms with van der Waals surface area (Å²) in [5, 5.41) is 2.41. The Kier molecular flexibility index (Phi) is 4.71. The van der Waals surface area contributed by atoms with Gasteiger partial charge in [-0.25, -0.2) is 4.98 Å². The molecule has 6 nitrogen and oxygen atoms in total. The SMILES string of the molecule is CN(C)S(=O)(=O)NCc1ccc(Oc2nccs2)cc1. The Labute approximate surface area is 122 Å². The first-order chi connectivity index (χ1) is 9.47. The number of hydrogen-bond acceptors (Lipinski definition) is 5. The highest BCUT2D eigenvalue weighted by molar-refractivity contribution is 7.87. The largest absolute Gasteiger partial charge is 0.431 e. The maximum atomic E-state index is 11.6. The molecule has 1 heterocycles. The van der Waals surface area contributed by atoms with Gasteiger partial charge in [0.15, 0.2) is 0 Å². The highest BCUT2D eigenvalue weighted by Gasteiger charge is 2.11. The third kappa shape index (κ3) is 4.01. The standard InChI is InChI=1S/C12H15N3O3S2/c1-15(2)20(16,17)14-9-10-3-5-11(6-4-10)18-12-13-7-8-19-12/h3-8,14H,9H2,1-2H3. The van der Waals surface area contributed by atoms with Gasteiger partial charge in [0, 0.05) is 32.2 Å². The summed E-state index contributed by atoms with van der Waals surface area (Å²) in [6.07, 6.45) is 1.67. The van der Waals surface area contributed by atoms with Gasteiger partial charge in [-0.2, -0.15) is 17.4 Å².